The maximum Gasteiger partial charge on any atom is 0.160 e. The highest BCUT2D eigenvalue weighted by Crippen LogP contribution is 2.24. The first kappa shape index (κ1) is 21.0. The highest BCUT2D eigenvalue weighted by Gasteiger charge is 2.16. The molecule has 0 heterocycles. The van der Waals surface area contributed by atoms with Gasteiger partial charge < -0.3 is 5.32 Å². The number of benzene rings is 2. The fraction of sp³-hybridized carbons (Fsp3) is 0.400. The maximum atomic E-state index is 13.0. The van der Waals surface area contributed by atoms with E-state index in [2.05, 4.69) is 74.6 Å². The molecule has 27 heavy (non-hydrogen) atoms. The Morgan fingerprint density at radius 1 is 0.852 bits per heavy atom. The van der Waals surface area contributed by atoms with Crippen molar-refractivity contribution in [3.8, 4) is 0 Å². The average molecular weight is 364 g/mol. The molecule has 0 aliphatic heterocycles. The predicted octanol–water partition coefficient (Wildman–Crippen LogP) is 6.45. The zero-order chi connectivity index (χ0) is 19.5. The Morgan fingerprint density at radius 2 is 1.48 bits per heavy atom. The number of carbonyl (C=O) groups excluding carboxylic acids is 1. The van der Waals surface area contributed by atoms with Gasteiger partial charge in [-0.2, -0.15) is 0 Å². The molecule has 2 aromatic carbocycles. The van der Waals surface area contributed by atoms with Crippen molar-refractivity contribution >= 4 is 11.5 Å². The van der Waals surface area contributed by atoms with Crippen LogP contribution in [0.3, 0.4) is 0 Å². The quantitative estimate of drug-likeness (QED) is 0.465. The normalized spacial score (nSPS) is 11.8. The van der Waals surface area contributed by atoms with Crippen LogP contribution in [-0.4, -0.2) is 5.78 Å². The lowest BCUT2D eigenvalue weighted by atomic mass is 9.94. The fourth-order valence-electron chi connectivity index (χ4n) is 3.14. The molecule has 144 valence electrons. The topological polar surface area (TPSA) is 29.1 Å². The van der Waals surface area contributed by atoms with Crippen molar-refractivity contribution in [1.82, 2.24) is 5.32 Å². The molecule has 0 aliphatic rings. The van der Waals surface area contributed by atoms with E-state index in [1.54, 1.807) is 0 Å². The third-order valence-corrected chi connectivity index (χ3v) is 4.83. The summed E-state index contributed by atoms with van der Waals surface area (Å²) in [6.07, 6.45) is 5.60. The Hall–Kier alpha value is -2.35. The zero-order valence-electron chi connectivity index (χ0n) is 17.1. The van der Waals surface area contributed by atoms with E-state index in [1.807, 2.05) is 6.07 Å². The van der Waals surface area contributed by atoms with Gasteiger partial charge in [-0.15, -0.1) is 0 Å². The first-order valence-electron chi connectivity index (χ1n) is 10.3. The van der Waals surface area contributed by atoms with Gasteiger partial charge in [-0.05, 0) is 37.3 Å². The lowest BCUT2D eigenvalue weighted by Gasteiger charge is -2.18. The van der Waals surface area contributed by atoms with Crippen LogP contribution in [0.1, 0.15) is 69.1 Å². The van der Waals surface area contributed by atoms with E-state index in [-0.39, 0.29) is 0 Å². The minimum absolute atomic E-state index is 0.293. The standard InChI is InChI=1S/C25H33NO/c1-4-6-13-23(24(27)14-7-5-2)25(22-17-15-20(3)16-18-22)26-19-21-11-9-8-10-12-21/h8-12,15-18,26H,4-7,13-14,19H2,1-3H3/b25-23+. The monoisotopic (exact) mass is 363 g/mol. The number of hydrogen-bond donors (Lipinski definition) is 1. The number of nitrogens with one attached hydrogen (secondary N) is 1. The molecule has 0 amide bonds. The molecule has 0 atom stereocenters. The fourth-order valence-corrected chi connectivity index (χ4v) is 3.14. The summed E-state index contributed by atoms with van der Waals surface area (Å²) in [6, 6.07) is 18.9. The van der Waals surface area contributed by atoms with Crippen LogP contribution in [0.2, 0.25) is 0 Å². The van der Waals surface area contributed by atoms with Gasteiger partial charge in [0, 0.05) is 24.2 Å². The summed E-state index contributed by atoms with van der Waals surface area (Å²) in [6.45, 7) is 7.13. The van der Waals surface area contributed by atoms with Crippen molar-refractivity contribution in [2.75, 3.05) is 0 Å². The summed E-state index contributed by atoms with van der Waals surface area (Å²) in [5.74, 6) is 0.293. The lowest BCUT2D eigenvalue weighted by Crippen LogP contribution is -2.18. The average Bonchev–Trinajstić information content (AvgIpc) is 2.70. The van der Waals surface area contributed by atoms with Crippen LogP contribution in [0.15, 0.2) is 60.2 Å². The summed E-state index contributed by atoms with van der Waals surface area (Å²) in [5, 5.41) is 3.60. The van der Waals surface area contributed by atoms with Gasteiger partial charge in [-0.25, -0.2) is 0 Å². The number of aryl methyl sites for hydroxylation is 1. The van der Waals surface area contributed by atoms with E-state index in [9.17, 15) is 4.79 Å². The Kier molecular flexibility index (Phi) is 8.83. The molecule has 0 spiro atoms. The van der Waals surface area contributed by atoms with E-state index in [0.29, 0.717) is 12.2 Å². The van der Waals surface area contributed by atoms with Crippen molar-refractivity contribution in [3.63, 3.8) is 0 Å². The summed E-state index contributed by atoms with van der Waals surface area (Å²) < 4.78 is 0. The van der Waals surface area contributed by atoms with Crippen molar-refractivity contribution in [2.45, 2.75) is 65.8 Å². The summed E-state index contributed by atoms with van der Waals surface area (Å²) in [4.78, 5) is 13.0. The van der Waals surface area contributed by atoms with E-state index in [0.717, 1.165) is 55.5 Å². The number of ketones is 1. The minimum atomic E-state index is 0.293. The Labute approximate surface area is 164 Å². The van der Waals surface area contributed by atoms with Gasteiger partial charge in [0.25, 0.3) is 0 Å². The lowest BCUT2D eigenvalue weighted by molar-refractivity contribution is -0.115. The minimum Gasteiger partial charge on any atom is -0.380 e. The maximum absolute atomic E-state index is 13.0. The van der Waals surface area contributed by atoms with Gasteiger partial charge in [-0.1, -0.05) is 86.8 Å². The molecule has 2 aromatic rings. The van der Waals surface area contributed by atoms with Gasteiger partial charge in [0.1, 0.15) is 0 Å². The number of rotatable bonds is 11. The number of carbonyl (C=O) groups is 1. The van der Waals surface area contributed by atoms with E-state index in [4.69, 9.17) is 0 Å². The largest absolute Gasteiger partial charge is 0.380 e. The molecular weight excluding hydrogens is 330 g/mol. The Balaban J connectivity index is 2.38. The molecule has 0 bridgehead atoms. The molecule has 2 heteroatoms. The van der Waals surface area contributed by atoms with Crippen molar-refractivity contribution in [1.29, 1.82) is 0 Å². The Bertz CT molecular complexity index is 729. The number of hydrogen-bond acceptors (Lipinski definition) is 2. The number of Topliss-reactive ketones (excluding diaryl/α,β-unsaturated/α-hetero) is 1. The molecule has 0 unspecified atom stereocenters. The molecule has 0 saturated carbocycles. The van der Waals surface area contributed by atoms with E-state index in [1.165, 1.54) is 11.1 Å². The van der Waals surface area contributed by atoms with Crippen LogP contribution >= 0.6 is 0 Å². The highest BCUT2D eigenvalue weighted by molar-refractivity contribution is 6.02. The van der Waals surface area contributed by atoms with Crippen molar-refractivity contribution in [3.05, 3.63) is 76.9 Å². The van der Waals surface area contributed by atoms with Gasteiger partial charge in [0.15, 0.2) is 5.78 Å². The molecule has 0 aliphatic carbocycles. The molecule has 0 aromatic heterocycles. The van der Waals surface area contributed by atoms with Gasteiger partial charge in [0.05, 0.1) is 0 Å². The van der Waals surface area contributed by atoms with Crippen LogP contribution in [0.5, 0.6) is 0 Å². The van der Waals surface area contributed by atoms with Gasteiger partial charge >= 0.3 is 0 Å². The third kappa shape index (κ3) is 6.71. The third-order valence-electron chi connectivity index (χ3n) is 4.83. The Morgan fingerprint density at radius 3 is 2.11 bits per heavy atom. The SMILES string of the molecule is CCCCC(=O)/C(CCCC)=C(/NCc1ccccc1)c1ccc(C)cc1. The molecule has 1 N–H and O–H groups in total. The summed E-state index contributed by atoms with van der Waals surface area (Å²) >= 11 is 0. The molecule has 0 fully saturated rings. The predicted molar refractivity (Wildman–Crippen MR) is 115 cm³/mol. The summed E-state index contributed by atoms with van der Waals surface area (Å²) in [7, 11) is 0. The second-order valence-corrected chi connectivity index (χ2v) is 7.19. The first-order valence-corrected chi connectivity index (χ1v) is 10.3. The smallest absolute Gasteiger partial charge is 0.160 e. The van der Waals surface area contributed by atoms with Crippen LogP contribution in [0, 0.1) is 6.92 Å². The van der Waals surface area contributed by atoms with Crippen LogP contribution in [0.25, 0.3) is 5.70 Å². The molecular formula is C25H33NO. The van der Waals surface area contributed by atoms with Gasteiger partial charge in [-0.3, -0.25) is 4.79 Å². The first-order chi connectivity index (χ1) is 13.2. The second kappa shape index (κ2) is 11.4. The van der Waals surface area contributed by atoms with E-state index >= 15 is 0 Å². The molecule has 0 radical (unpaired) electrons. The molecule has 2 rings (SSSR count). The highest BCUT2D eigenvalue weighted by atomic mass is 16.1. The molecule has 2 nitrogen and oxygen atoms in total. The molecule has 0 saturated heterocycles. The van der Waals surface area contributed by atoms with Crippen LogP contribution in [0.4, 0.5) is 0 Å². The van der Waals surface area contributed by atoms with Crippen LogP contribution < -0.4 is 5.32 Å². The number of allylic oxidation sites excluding steroid dienone is 1. The van der Waals surface area contributed by atoms with Crippen molar-refractivity contribution in [2.24, 2.45) is 0 Å². The van der Waals surface area contributed by atoms with Gasteiger partial charge in [0.2, 0.25) is 0 Å². The zero-order valence-corrected chi connectivity index (χ0v) is 17.1. The van der Waals surface area contributed by atoms with E-state index < -0.39 is 0 Å². The second-order valence-electron chi connectivity index (χ2n) is 7.19. The number of unbranched alkanes of at least 4 members (excludes halogenated alkanes) is 2. The van der Waals surface area contributed by atoms with Crippen LogP contribution in [-0.2, 0) is 11.3 Å². The summed E-state index contributed by atoms with van der Waals surface area (Å²) in [5.41, 5.74) is 5.53. The van der Waals surface area contributed by atoms with Crippen molar-refractivity contribution < 1.29 is 4.79 Å².